The summed E-state index contributed by atoms with van der Waals surface area (Å²) < 4.78 is 5.12. The molecule has 1 aliphatic carbocycles. The van der Waals surface area contributed by atoms with E-state index in [-0.39, 0.29) is 23.9 Å². The lowest BCUT2D eigenvalue weighted by Crippen LogP contribution is -2.53. The largest absolute Gasteiger partial charge is 0.489 e. The van der Waals surface area contributed by atoms with Crippen LogP contribution >= 0.6 is 0 Å². The van der Waals surface area contributed by atoms with Gasteiger partial charge in [-0.3, -0.25) is 9.59 Å². The van der Waals surface area contributed by atoms with E-state index in [0.717, 1.165) is 37.8 Å². The molecule has 0 spiro atoms. The molecule has 1 aromatic heterocycles. The molecule has 2 aliphatic heterocycles. The Balaban J connectivity index is 1.61. The zero-order valence-electron chi connectivity index (χ0n) is 15.9. The third kappa shape index (κ3) is 3.29. The summed E-state index contributed by atoms with van der Waals surface area (Å²) in [4.78, 5) is 32.9. The maximum Gasteiger partial charge on any atom is 0.489 e. The molecular formula is C19H24BN3O5. The summed E-state index contributed by atoms with van der Waals surface area (Å²) in [6, 6.07) is 1.28. The predicted octanol–water partition coefficient (Wildman–Crippen LogP) is -0.274. The smallest absolute Gasteiger partial charge is 0.461 e. The number of pyridine rings is 1. The zero-order chi connectivity index (χ0) is 19.8. The van der Waals surface area contributed by atoms with E-state index in [1.807, 2.05) is 4.90 Å². The number of nitrogens with zero attached hydrogens (tertiary/aromatic N) is 3. The second-order valence-electron chi connectivity index (χ2n) is 7.51. The van der Waals surface area contributed by atoms with Gasteiger partial charge in [0.1, 0.15) is 18.5 Å². The number of hydrogen-bond acceptors (Lipinski definition) is 8. The van der Waals surface area contributed by atoms with E-state index < -0.39 is 13.1 Å². The second-order valence-corrected chi connectivity index (χ2v) is 7.51. The van der Waals surface area contributed by atoms with Gasteiger partial charge in [0.15, 0.2) is 5.78 Å². The molecule has 0 saturated carbocycles. The summed E-state index contributed by atoms with van der Waals surface area (Å²) in [7, 11) is -1.70. The molecule has 1 fully saturated rings. The van der Waals surface area contributed by atoms with Crippen LogP contribution in [-0.4, -0.2) is 64.5 Å². The van der Waals surface area contributed by atoms with Crippen LogP contribution in [0.5, 0.6) is 0 Å². The third-order valence-corrected chi connectivity index (χ3v) is 5.83. The van der Waals surface area contributed by atoms with Crippen molar-refractivity contribution in [2.75, 3.05) is 24.5 Å². The van der Waals surface area contributed by atoms with Crippen molar-refractivity contribution in [3.63, 3.8) is 0 Å². The Morgan fingerprint density at radius 2 is 2.11 bits per heavy atom. The highest BCUT2D eigenvalue weighted by molar-refractivity contribution is 6.59. The zero-order valence-corrected chi connectivity index (χ0v) is 15.9. The van der Waals surface area contributed by atoms with Crippen molar-refractivity contribution in [1.82, 2.24) is 9.88 Å². The molecular weight excluding hydrogens is 361 g/mol. The number of ether oxygens (including phenoxy) is 1. The van der Waals surface area contributed by atoms with E-state index in [9.17, 15) is 19.6 Å². The van der Waals surface area contributed by atoms with Gasteiger partial charge in [0.2, 0.25) is 0 Å². The molecule has 1 atom stereocenters. The number of rotatable bonds is 4. The summed E-state index contributed by atoms with van der Waals surface area (Å²) in [6.07, 6.45) is 5.54. The van der Waals surface area contributed by atoms with Crippen molar-refractivity contribution in [2.45, 2.75) is 45.3 Å². The standard InChI is InChI=1S/C19H24BN3O5/c1-12(24)28-11-14-15(20(26)27)6-7-21-19(14)22-8-9-23-16-5-3-2-4-13(16)18(25)17(23)10-22/h6-7,17,26-27H,2-5,8-11H2,1H3. The van der Waals surface area contributed by atoms with Gasteiger partial charge in [-0.1, -0.05) is 0 Å². The van der Waals surface area contributed by atoms with Gasteiger partial charge in [0.05, 0.1) is 0 Å². The van der Waals surface area contributed by atoms with Gasteiger partial charge < -0.3 is 24.6 Å². The van der Waals surface area contributed by atoms with Crippen molar-refractivity contribution in [2.24, 2.45) is 0 Å². The van der Waals surface area contributed by atoms with Crippen molar-refractivity contribution in [3.8, 4) is 0 Å². The fourth-order valence-corrected chi connectivity index (χ4v) is 4.53. The van der Waals surface area contributed by atoms with Crippen molar-refractivity contribution in [3.05, 3.63) is 29.1 Å². The van der Waals surface area contributed by atoms with Crippen LogP contribution < -0.4 is 10.4 Å². The van der Waals surface area contributed by atoms with Crippen molar-refractivity contribution in [1.29, 1.82) is 0 Å². The molecule has 8 nitrogen and oxygen atoms in total. The Morgan fingerprint density at radius 3 is 2.86 bits per heavy atom. The number of ketones is 1. The monoisotopic (exact) mass is 385 g/mol. The van der Waals surface area contributed by atoms with Crippen molar-refractivity contribution < 1.29 is 24.4 Å². The molecule has 2 N–H and O–H groups in total. The molecule has 1 saturated heterocycles. The van der Waals surface area contributed by atoms with E-state index in [1.54, 1.807) is 0 Å². The Kier molecular flexibility index (Phi) is 5.12. The van der Waals surface area contributed by atoms with E-state index in [2.05, 4.69) is 9.88 Å². The Morgan fingerprint density at radius 1 is 1.32 bits per heavy atom. The molecule has 3 aliphatic rings. The lowest BCUT2D eigenvalue weighted by molar-refractivity contribution is -0.142. The second kappa shape index (κ2) is 7.56. The van der Waals surface area contributed by atoms with Crippen LogP contribution in [0, 0.1) is 0 Å². The molecule has 0 bridgehead atoms. The average molecular weight is 385 g/mol. The summed E-state index contributed by atoms with van der Waals surface area (Å²) in [5.41, 5.74) is 2.92. The number of aromatic nitrogens is 1. The number of anilines is 1. The molecule has 1 aromatic rings. The van der Waals surface area contributed by atoms with Crippen LogP contribution in [0.15, 0.2) is 23.5 Å². The van der Waals surface area contributed by atoms with E-state index in [1.165, 1.54) is 24.9 Å². The van der Waals surface area contributed by atoms with Crippen LogP contribution in [0.3, 0.4) is 0 Å². The molecule has 0 amide bonds. The van der Waals surface area contributed by atoms with Crippen LogP contribution in [0.25, 0.3) is 0 Å². The molecule has 9 heteroatoms. The highest BCUT2D eigenvalue weighted by Crippen LogP contribution is 2.38. The number of allylic oxidation sites excluding steroid dienone is 1. The van der Waals surface area contributed by atoms with Crippen molar-refractivity contribution >= 4 is 30.2 Å². The Labute approximate surface area is 163 Å². The maximum absolute atomic E-state index is 12.9. The molecule has 1 unspecified atom stereocenters. The number of esters is 1. The topological polar surface area (TPSA) is 103 Å². The molecule has 148 valence electrons. The Bertz CT molecular complexity index is 841. The normalized spacial score (nSPS) is 21.5. The van der Waals surface area contributed by atoms with Gasteiger partial charge in [0.25, 0.3) is 0 Å². The van der Waals surface area contributed by atoms with Gasteiger partial charge in [-0.15, -0.1) is 0 Å². The van der Waals surface area contributed by atoms with Crippen LogP contribution in [0.1, 0.15) is 38.2 Å². The fourth-order valence-electron chi connectivity index (χ4n) is 4.53. The van der Waals surface area contributed by atoms with Gasteiger partial charge in [-0.05, 0) is 37.2 Å². The Hall–Kier alpha value is -2.39. The molecule has 0 radical (unpaired) electrons. The summed E-state index contributed by atoms with van der Waals surface area (Å²) in [5, 5.41) is 19.4. The average Bonchev–Trinajstić information content (AvgIpc) is 2.98. The molecule has 4 rings (SSSR count). The fraction of sp³-hybridized carbons (Fsp3) is 0.526. The number of carbonyl (C=O) groups excluding carboxylic acids is 2. The maximum atomic E-state index is 12.9. The van der Waals surface area contributed by atoms with E-state index in [0.29, 0.717) is 24.5 Å². The van der Waals surface area contributed by atoms with Gasteiger partial charge in [-0.2, -0.15) is 0 Å². The lowest BCUT2D eigenvalue weighted by atomic mass is 9.77. The minimum Gasteiger partial charge on any atom is -0.461 e. The van der Waals surface area contributed by atoms with Gasteiger partial charge in [-0.25, -0.2) is 4.98 Å². The minimum absolute atomic E-state index is 0.0982. The number of piperazine rings is 1. The van der Waals surface area contributed by atoms with Crippen LogP contribution in [-0.2, 0) is 20.9 Å². The lowest BCUT2D eigenvalue weighted by Gasteiger charge is -2.40. The van der Waals surface area contributed by atoms with Crippen LogP contribution in [0.2, 0.25) is 0 Å². The third-order valence-electron chi connectivity index (χ3n) is 5.83. The van der Waals surface area contributed by atoms with E-state index >= 15 is 0 Å². The number of fused-ring (bicyclic) bond motifs is 2. The van der Waals surface area contributed by atoms with Gasteiger partial charge in [0, 0.05) is 49.6 Å². The first-order valence-electron chi connectivity index (χ1n) is 9.72. The first-order chi connectivity index (χ1) is 13.5. The molecule has 0 aromatic carbocycles. The number of hydrogen-bond donors (Lipinski definition) is 2. The highest BCUT2D eigenvalue weighted by atomic mass is 16.5. The first kappa shape index (κ1) is 19.0. The highest BCUT2D eigenvalue weighted by Gasteiger charge is 2.43. The first-order valence-corrected chi connectivity index (χ1v) is 9.72. The van der Waals surface area contributed by atoms with Gasteiger partial charge >= 0.3 is 13.1 Å². The SMILES string of the molecule is CC(=O)OCc1c(B(O)O)ccnc1N1CCN2C3=C(CCCC3)C(=O)C2C1. The van der Waals surface area contributed by atoms with E-state index in [4.69, 9.17) is 4.74 Å². The number of Topliss-reactive ketones (excluding diaryl/α,β-unsaturated/α-hetero) is 1. The quantitative estimate of drug-likeness (QED) is 0.539. The summed E-state index contributed by atoms with van der Waals surface area (Å²) in [6.45, 7) is 3.06. The minimum atomic E-state index is -1.70. The molecule has 3 heterocycles. The summed E-state index contributed by atoms with van der Waals surface area (Å²) in [5.74, 6) is 0.282. The summed E-state index contributed by atoms with van der Waals surface area (Å²) >= 11 is 0. The molecule has 28 heavy (non-hydrogen) atoms. The predicted molar refractivity (Wildman–Crippen MR) is 103 cm³/mol. The van der Waals surface area contributed by atoms with Crippen LogP contribution in [0.4, 0.5) is 5.82 Å². The number of carbonyl (C=O) groups is 2.